The van der Waals surface area contributed by atoms with Crippen molar-refractivity contribution in [3.8, 4) is 11.5 Å². The highest BCUT2D eigenvalue weighted by Gasteiger charge is 2.19. The predicted octanol–water partition coefficient (Wildman–Crippen LogP) is 3.70. The van der Waals surface area contributed by atoms with Gasteiger partial charge >= 0.3 is 0 Å². The Bertz CT molecular complexity index is 809. The summed E-state index contributed by atoms with van der Waals surface area (Å²) in [7, 11) is 2.94. The molecule has 2 N–H and O–H groups in total. The van der Waals surface area contributed by atoms with Gasteiger partial charge < -0.3 is 20.1 Å². The molecular weight excluding hydrogens is 366 g/mol. The SMILES string of the molecule is CCc1ccc(NC(=S)NCCc2cc(OC)c(OC)cc2[N+](=O)[O-])cc1. The standard InChI is InChI=1S/C19H23N3O4S/c1-4-13-5-7-15(8-6-13)21-19(27)20-10-9-14-11-17(25-2)18(26-3)12-16(14)22(23)24/h5-8,11-12H,4,9-10H2,1-3H3,(H2,20,21,27). The van der Waals surface area contributed by atoms with Crippen molar-refractivity contribution in [1.29, 1.82) is 0 Å². The molecule has 0 atom stereocenters. The van der Waals surface area contributed by atoms with Crippen LogP contribution in [0.5, 0.6) is 11.5 Å². The minimum absolute atomic E-state index is 0.0107. The number of thiocarbonyl (C=S) groups is 1. The monoisotopic (exact) mass is 389 g/mol. The van der Waals surface area contributed by atoms with Gasteiger partial charge in [-0.3, -0.25) is 10.1 Å². The molecule has 0 aliphatic heterocycles. The number of nitrogens with zero attached hydrogens (tertiary/aromatic N) is 1. The molecule has 0 amide bonds. The van der Waals surface area contributed by atoms with Gasteiger partial charge in [-0.15, -0.1) is 0 Å². The molecule has 0 heterocycles. The second-order valence-electron chi connectivity index (χ2n) is 5.77. The van der Waals surface area contributed by atoms with E-state index in [1.807, 2.05) is 24.3 Å². The smallest absolute Gasteiger partial charge is 0.276 e. The number of anilines is 1. The third-order valence-electron chi connectivity index (χ3n) is 4.08. The van der Waals surface area contributed by atoms with E-state index in [1.165, 1.54) is 25.8 Å². The maximum absolute atomic E-state index is 11.3. The van der Waals surface area contributed by atoms with Gasteiger partial charge in [0, 0.05) is 17.8 Å². The normalized spacial score (nSPS) is 10.2. The van der Waals surface area contributed by atoms with Gasteiger partial charge in [0.1, 0.15) is 0 Å². The molecule has 8 heteroatoms. The third kappa shape index (κ3) is 5.55. The first kappa shape index (κ1) is 20.4. The minimum Gasteiger partial charge on any atom is -0.493 e. The van der Waals surface area contributed by atoms with Crippen molar-refractivity contribution in [3.63, 3.8) is 0 Å². The Morgan fingerprint density at radius 2 is 1.78 bits per heavy atom. The van der Waals surface area contributed by atoms with Crippen LogP contribution in [-0.2, 0) is 12.8 Å². The number of ether oxygens (including phenoxy) is 2. The van der Waals surface area contributed by atoms with Crippen molar-refractivity contribution in [1.82, 2.24) is 5.32 Å². The number of benzene rings is 2. The molecular formula is C19H23N3O4S. The molecule has 0 aromatic heterocycles. The van der Waals surface area contributed by atoms with E-state index in [-0.39, 0.29) is 5.69 Å². The molecule has 27 heavy (non-hydrogen) atoms. The first-order valence-corrected chi connectivity index (χ1v) is 8.92. The van der Waals surface area contributed by atoms with Crippen molar-refractivity contribution in [3.05, 3.63) is 57.6 Å². The van der Waals surface area contributed by atoms with Crippen LogP contribution in [0.1, 0.15) is 18.1 Å². The van der Waals surface area contributed by atoms with Gasteiger partial charge in [0.15, 0.2) is 16.6 Å². The van der Waals surface area contributed by atoms with Gasteiger partial charge in [-0.25, -0.2) is 0 Å². The van der Waals surface area contributed by atoms with E-state index >= 15 is 0 Å². The number of hydrogen-bond acceptors (Lipinski definition) is 5. The van der Waals surface area contributed by atoms with Gasteiger partial charge in [0.25, 0.3) is 5.69 Å². The molecule has 0 saturated carbocycles. The molecule has 2 aromatic carbocycles. The second-order valence-corrected chi connectivity index (χ2v) is 6.18. The van der Waals surface area contributed by atoms with E-state index in [2.05, 4.69) is 17.6 Å². The number of nitro benzene ring substituents is 1. The van der Waals surface area contributed by atoms with Gasteiger partial charge in [0.2, 0.25) is 0 Å². The zero-order valence-electron chi connectivity index (χ0n) is 15.6. The van der Waals surface area contributed by atoms with Gasteiger partial charge in [-0.05, 0) is 48.8 Å². The summed E-state index contributed by atoms with van der Waals surface area (Å²) in [4.78, 5) is 10.9. The number of nitrogens with one attached hydrogen (secondary N) is 2. The lowest BCUT2D eigenvalue weighted by atomic mass is 10.1. The minimum atomic E-state index is -0.427. The lowest BCUT2D eigenvalue weighted by Gasteiger charge is -2.13. The summed E-state index contributed by atoms with van der Waals surface area (Å²) in [6.45, 7) is 2.54. The van der Waals surface area contributed by atoms with Gasteiger partial charge in [-0.1, -0.05) is 19.1 Å². The Morgan fingerprint density at radius 1 is 1.15 bits per heavy atom. The summed E-state index contributed by atoms with van der Waals surface area (Å²) < 4.78 is 10.4. The lowest BCUT2D eigenvalue weighted by Crippen LogP contribution is -2.30. The predicted molar refractivity (Wildman–Crippen MR) is 110 cm³/mol. The van der Waals surface area contributed by atoms with E-state index in [0.717, 1.165) is 12.1 Å². The largest absolute Gasteiger partial charge is 0.493 e. The average Bonchev–Trinajstić information content (AvgIpc) is 2.67. The van der Waals surface area contributed by atoms with E-state index < -0.39 is 4.92 Å². The first-order valence-electron chi connectivity index (χ1n) is 8.51. The van der Waals surface area contributed by atoms with Crippen LogP contribution in [0, 0.1) is 10.1 Å². The molecule has 0 aliphatic carbocycles. The Kier molecular flexibility index (Phi) is 7.36. The van der Waals surface area contributed by atoms with Crippen LogP contribution < -0.4 is 20.1 Å². The molecule has 0 saturated heterocycles. The number of hydrogen-bond donors (Lipinski definition) is 2. The summed E-state index contributed by atoms with van der Waals surface area (Å²) in [6, 6.07) is 11.0. The summed E-state index contributed by atoms with van der Waals surface area (Å²) in [5, 5.41) is 18.0. The van der Waals surface area contributed by atoms with E-state index in [4.69, 9.17) is 21.7 Å². The highest BCUT2D eigenvalue weighted by Crippen LogP contribution is 2.34. The number of nitro groups is 1. The summed E-state index contributed by atoms with van der Waals surface area (Å²) >= 11 is 5.28. The molecule has 7 nitrogen and oxygen atoms in total. The fourth-order valence-corrected chi connectivity index (χ4v) is 2.81. The van der Waals surface area contributed by atoms with Crippen molar-refractivity contribution >= 4 is 28.7 Å². The van der Waals surface area contributed by atoms with Crippen LogP contribution in [0.15, 0.2) is 36.4 Å². The topological polar surface area (TPSA) is 85.7 Å². The molecule has 144 valence electrons. The lowest BCUT2D eigenvalue weighted by molar-refractivity contribution is -0.385. The van der Waals surface area contributed by atoms with Crippen molar-refractivity contribution in [2.24, 2.45) is 0 Å². The van der Waals surface area contributed by atoms with Crippen LogP contribution in [0.2, 0.25) is 0 Å². The zero-order valence-corrected chi connectivity index (χ0v) is 16.4. The van der Waals surface area contributed by atoms with Crippen molar-refractivity contribution < 1.29 is 14.4 Å². The molecule has 0 unspecified atom stereocenters. The van der Waals surface area contributed by atoms with E-state index in [9.17, 15) is 10.1 Å². The Labute approximate surface area is 163 Å². The summed E-state index contributed by atoms with van der Waals surface area (Å²) in [5.41, 5.74) is 2.67. The number of aryl methyl sites for hydroxylation is 1. The Morgan fingerprint density at radius 3 is 2.33 bits per heavy atom. The number of rotatable bonds is 8. The van der Waals surface area contributed by atoms with E-state index in [0.29, 0.717) is 35.1 Å². The second kappa shape index (κ2) is 9.72. The van der Waals surface area contributed by atoms with Gasteiger partial charge in [-0.2, -0.15) is 0 Å². The van der Waals surface area contributed by atoms with E-state index in [1.54, 1.807) is 6.07 Å². The Hall–Kier alpha value is -2.87. The van der Waals surface area contributed by atoms with Crippen LogP contribution in [0.4, 0.5) is 11.4 Å². The van der Waals surface area contributed by atoms with Crippen LogP contribution in [-0.4, -0.2) is 30.8 Å². The fraction of sp³-hybridized carbons (Fsp3) is 0.316. The summed E-state index contributed by atoms with van der Waals surface area (Å²) in [6.07, 6.45) is 1.39. The highest BCUT2D eigenvalue weighted by molar-refractivity contribution is 7.80. The van der Waals surface area contributed by atoms with Crippen molar-refractivity contribution in [2.45, 2.75) is 19.8 Å². The number of methoxy groups -OCH3 is 2. The third-order valence-corrected chi connectivity index (χ3v) is 4.33. The zero-order chi connectivity index (χ0) is 19.8. The fourth-order valence-electron chi connectivity index (χ4n) is 2.59. The van der Waals surface area contributed by atoms with Crippen LogP contribution in [0.3, 0.4) is 0 Å². The van der Waals surface area contributed by atoms with Crippen LogP contribution >= 0.6 is 12.2 Å². The maximum atomic E-state index is 11.3. The summed E-state index contributed by atoms with van der Waals surface area (Å²) in [5.74, 6) is 0.781. The molecule has 0 radical (unpaired) electrons. The molecule has 2 rings (SSSR count). The molecule has 0 bridgehead atoms. The molecule has 0 fully saturated rings. The van der Waals surface area contributed by atoms with Crippen LogP contribution in [0.25, 0.3) is 0 Å². The Balaban J connectivity index is 1.98. The van der Waals surface area contributed by atoms with Crippen molar-refractivity contribution in [2.75, 3.05) is 26.1 Å². The quantitative estimate of drug-likeness (QED) is 0.404. The highest BCUT2D eigenvalue weighted by atomic mass is 32.1. The average molecular weight is 389 g/mol. The molecule has 0 spiro atoms. The van der Waals surface area contributed by atoms with Gasteiger partial charge in [0.05, 0.1) is 25.2 Å². The first-order chi connectivity index (χ1) is 13.0. The maximum Gasteiger partial charge on any atom is 0.276 e. The molecule has 2 aromatic rings. The molecule has 0 aliphatic rings.